The van der Waals surface area contributed by atoms with Crippen molar-refractivity contribution >= 4 is 29.0 Å². The van der Waals surface area contributed by atoms with Gasteiger partial charge < -0.3 is 30.3 Å². The summed E-state index contributed by atoms with van der Waals surface area (Å²) in [6, 6.07) is 6.84. The second-order valence-corrected chi connectivity index (χ2v) is 9.54. The van der Waals surface area contributed by atoms with Gasteiger partial charge in [0.05, 0.1) is 30.9 Å². The van der Waals surface area contributed by atoms with Gasteiger partial charge in [-0.15, -0.1) is 0 Å². The summed E-state index contributed by atoms with van der Waals surface area (Å²) in [5.41, 5.74) is 0.931. The van der Waals surface area contributed by atoms with Crippen LogP contribution in [0, 0.1) is 0 Å². The molecule has 0 atom stereocenters. The third-order valence-corrected chi connectivity index (χ3v) is 6.88. The molecule has 2 aromatic heterocycles. The summed E-state index contributed by atoms with van der Waals surface area (Å²) in [5.74, 6) is 0.373. The molecule has 3 N–H and O–H groups in total. The lowest BCUT2D eigenvalue weighted by atomic mass is 9.91. The fraction of sp³-hybridized carbons (Fsp3) is 0.560. The second-order valence-electron chi connectivity index (χ2n) is 9.54. The van der Waals surface area contributed by atoms with Crippen molar-refractivity contribution in [2.75, 3.05) is 56.8 Å². The molecule has 5 rings (SSSR count). The number of rotatable bonds is 9. The monoisotopic (exact) mass is 545 g/mol. The molecule has 12 nitrogen and oxygen atoms in total. The number of methoxy groups -OCH3 is 1. The number of carbonyl (C=O) groups is 1. The van der Waals surface area contributed by atoms with E-state index < -0.39 is 12.2 Å². The van der Waals surface area contributed by atoms with E-state index in [1.165, 1.54) is 4.57 Å². The van der Waals surface area contributed by atoms with Gasteiger partial charge >= 0.3 is 6.03 Å². The quantitative estimate of drug-likeness (QED) is 0.347. The standard InChI is InChI=1S/C25H33F2N9O3/c1-38-13-10-28-25(37)30-17-8-6-16(7-9-17)29-22-32-23(35-11-14-39-15-12-35)34-24(33-22)36-19-5-3-2-4-18(19)31-21(36)20(26)27/h2-5,16-17,20H,6-15H2,1H3,(H2,28,30,37)(H,29,32,33,34). The number of alkyl halides is 2. The summed E-state index contributed by atoms with van der Waals surface area (Å²) in [6.45, 7) is 3.12. The number of hydrogen-bond acceptors (Lipinski definition) is 9. The molecule has 2 fully saturated rings. The Balaban J connectivity index is 1.36. The van der Waals surface area contributed by atoms with Gasteiger partial charge in [0.25, 0.3) is 6.43 Å². The zero-order valence-corrected chi connectivity index (χ0v) is 21.8. The summed E-state index contributed by atoms with van der Waals surface area (Å²) in [4.78, 5) is 32.0. The highest BCUT2D eigenvalue weighted by Crippen LogP contribution is 2.28. The minimum absolute atomic E-state index is 0.0569. The van der Waals surface area contributed by atoms with Crippen molar-refractivity contribution < 1.29 is 23.0 Å². The molecule has 2 amide bonds. The van der Waals surface area contributed by atoms with Crippen LogP contribution in [-0.2, 0) is 9.47 Å². The molecule has 1 aromatic carbocycles. The number of para-hydroxylation sites is 2. The van der Waals surface area contributed by atoms with Gasteiger partial charge in [0.2, 0.25) is 17.8 Å². The summed E-state index contributed by atoms with van der Waals surface area (Å²) in [6.07, 6.45) is 0.323. The van der Waals surface area contributed by atoms with Crippen LogP contribution in [0.3, 0.4) is 0 Å². The number of ether oxygens (including phenoxy) is 2. The molecule has 39 heavy (non-hydrogen) atoms. The lowest BCUT2D eigenvalue weighted by molar-refractivity contribution is 0.122. The van der Waals surface area contributed by atoms with Crippen LogP contribution in [0.2, 0.25) is 0 Å². The van der Waals surface area contributed by atoms with Crippen molar-refractivity contribution in [2.24, 2.45) is 0 Å². The fourth-order valence-electron chi connectivity index (χ4n) is 4.89. The van der Waals surface area contributed by atoms with E-state index in [4.69, 9.17) is 9.47 Å². The van der Waals surface area contributed by atoms with Gasteiger partial charge in [0.1, 0.15) is 0 Å². The van der Waals surface area contributed by atoms with E-state index in [1.54, 1.807) is 31.4 Å². The van der Waals surface area contributed by atoms with Gasteiger partial charge in [-0.3, -0.25) is 4.57 Å². The Morgan fingerprint density at radius 2 is 1.77 bits per heavy atom. The van der Waals surface area contributed by atoms with Gasteiger partial charge in [-0.1, -0.05) is 12.1 Å². The Kier molecular flexibility index (Phi) is 8.61. The molecule has 0 bridgehead atoms. The van der Waals surface area contributed by atoms with Crippen molar-refractivity contribution in [1.29, 1.82) is 0 Å². The predicted molar refractivity (Wildman–Crippen MR) is 141 cm³/mol. The topological polar surface area (TPSA) is 131 Å². The molecule has 3 aromatic rings. The first kappa shape index (κ1) is 26.9. The van der Waals surface area contributed by atoms with Crippen LogP contribution < -0.4 is 20.9 Å². The number of morpholine rings is 1. The molecule has 3 heterocycles. The highest BCUT2D eigenvalue weighted by atomic mass is 19.3. The maximum Gasteiger partial charge on any atom is 0.315 e. The predicted octanol–water partition coefficient (Wildman–Crippen LogP) is 2.65. The number of benzene rings is 1. The Bertz CT molecular complexity index is 1260. The number of carbonyl (C=O) groups excluding carboxylic acids is 1. The zero-order valence-electron chi connectivity index (χ0n) is 21.8. The van der Waals surface area contributed by atoms with Crippen LogP contribution >= 0.6 is 0 Å². The first-order valence-corrected chi connectivity index (χ1v) is 13.2. The second kappa shape index (κ2) is 12.5. The van der Waals surface area contributed by atoms with Crippen molar-refractivity contribution in [3.63, 3.8) is 0 Å². The molecule has 0 spiro atoms. The summed E-state index contributed by atoms with van der Waals surface area (Å²) in [7, 11) is 1.59. The molecule has 1 saturated heterocycles. The lowest BCUT2D eigenvalue weighted by Crippen LogP contribution is -2.45. The highest BCUT2D eigenvalue weighted by molar-refractivity contribution is 5.77. The van der Waals surface area contributed by atoms with Gasteiger partial charge in [-0.2, -0.15) is 15.0 Å². The third-order valence-electron chi connectivity index (χ3n) is 6.88. The molecule has 0 radical (unpaired) electrons. The molecule has 0 unspecified atom stereocenters. The van der Waals surface area contributed by atoms with Crippen molar-refractivity contribution in [3.05, 3.63) is 30.1 Å². The number of nitrogens with zero attached hydrogens (tertiary/aromatic N) is 6. The number of fused-ring (bicyclic) bond motifs is 1. The van der Waals surface area contributed by atoms with E-state index in [0.29, 0.717) is 62.4 Å². The molecule has 1 aliphatic carbocycles. The van der Waals surface area contributed by atoms with Crippen LogP contribution in [-0.4, -0.2) is 89.2 Å². The number of urea groups is 1. The van der Waals surface area contributed by atoms with Gasteiger partial charge in [0.15, 0.2) is 5.82 Å². The molecule has 2 aliphatic rings. The van der Waals surface area contributed by atoms with E-state index in [1.807, 2.05) is 4.90 Å². The molecule has 1 saturated carbocycles. The van der Waals surface area contributed by atoms with Crippen LogP contribution in [0.15, 0.2) is 24.3 Å². The smallest absolute Gasteiger partial charge is 0.315 e. The molecule has 1 aliphatic heterocycles. The minimum atomic E-state index is -2.81. The van der Waals surface area contributed by atoms with E-state index in [2.05, 4.69) is 35.9 Å². The average molecular weight is 546 g/mol. The molecule has 14 heteroatoms. The van der Waals surface area contributed by atoms with E-state index >= 15 is 0 Å². The molecular formula is C25H33F2N9O3. The first-order chi connectivity index (χ1) is 19.0. The van der Waals surface area contributed by atoms with Crippen LogP contribution in [0.25, 0.3) is 17.0 Å². The number of anilines is 2. The number of nitrogens with one attached hydrogen (secondary N) is 3. The van der Waals surface area contributed by atoms with Crippen molar-refractivity contribution in [3.8, 4) is 5.95 Å². The van der Waals surface area contributed by atoms with Gasteiger partial charge in [-0.05, 0) is 37.8 Å². The van der Waals surface area contributed by atoms with E-state index in [-0.39, 0.29) is 24.1 Å². The number of halogens is 2. The summed E-state index contributed by atoms with van der Waals surface area (Å²) < 4.78 is 39.8. The van der Waals surface area contributed by atoms with E-state index in [9.17, 15) is 13.6 Å². The number of imidazole rings is 1. The molecule has 210 valence electrons. The Labute approximate surface area is 224 Å². The number of amides is 2. The van der Waals surface area contributed by atoms with Crippen molar-refractivity contribution in [1.82, 2.24) is 35.1 Å². The lowest BCUT2D eigenvalue weighted by Gasteiger charge is -2.30. The summed E-state index contributed by atoms with van der Waals surface area (Å²) >= 11 is 0. The average Bonchev–Trinajstić information content (AvgIpc) is 3.35. The molecular weight excluding hydrogens is 512 g/mol. The number of aromatic nitrogens is 5. The van der Waals surface area contributed by atoms with Crippen LogP contribution in [0.4, 0.5) is 25.5 Å². The Hall–Kier alpha value is -3.65. The SMILES string of the molecule is COCCNC(=O)NC1CCC(Nc2nc(N3CCOCC3)nc(-n3c(C(F)F)nc4ccccc43)n2)CC1. The fourth-order valence-corrected chi connectivity index (χ4v) is 4.89. The van der Waals surface area contributed by atoms with Crippen LogP contribution in [0.5, 0.6) is 0 Å². The first-order valence-electron chi connectivity index (χ1n) is 13.2. The van der Waals surface area contributed by atoms with Gasteiger partial charge in [0, 0.05) is 38.8 Å². The number of hydrogen-bond donors (Lipinski definition) is 3. The minimum Gasteiger partial charge on any atom is -0.383 e. The Morgan fingerprint density at radius 3 is 2.51 bits per heavy atom. The Morgan fingerprint density at radius 1 is 1.05 bits per heavy atom. The van der Waals surface area contributed by atoms with E-state index in [0.717, 1.165) is 25.7 Å². The maximum absolute atomic E-state index is 14.1. The van der Waals surface area contributed by atoms with Gasteiger partial charge in [-0.25, -0.2) is 18.6 Å². The van der Waals surface area contributed by atoms with Crippen LogP contribution in [0.1, 0.15) is 37.9 Å². The van der Waals surface area contributed by atoms with Crippen molar-refractivity contribution in [2.45, 2.75) is 44.2 Å². The third kappa shape index (κ3) is 6.50. The maximum atomic E-state index is 14.1. The zero-order chi connectivity index (χ0) is 27.2. The highest BCUT2D eigenvalue weighted by Gasteiger charge is 2.26. The summed E-state index contributed by atoms with van der Waals surface area (Å²) in [5, 5.41) is 9.16. The largest absolute Gasteiger partial charge is 0.383 e. The normalized spacial score (nSPS) is 19.8.